The van der Waals surface area contributed by atoms with E-state index < -0.39 is 17.4 Å². The number of hydrogen-bond donors (Lipinski definition) is 2. The van der Waals surface area contributed by atoms with Crippen molar-refractivity contribution in [2.45, 2.75) is 38.1 Å². The molecule has 1 saturated heterocycles. The van der Waals surface area contributed by atoms with E-state index in [1.54, 1.807) is 0 Å². The first-order valence-electron chi connectivity index (χ1n) is 7.18. The van der Waals surface area contributed by atoms with Crippen molar-refractivity contribution in [1.29, 1.82) is 0 Å². The minimum absolute atomic E-state index is 0.111. The third-order valence-corrected chi connectivity index (χ3v) is 4.38. The Kier molecular flexibility index (Phi) is 4.45. The fourth-order valence-corrected chi connectivity index (χ4v) is 2.78. The summed E-state index contributed by atoms with van der Waals surface area (Å²) >= 11 is 0. The van der Waals surface area contributed by atoms with Crippen LogP contribution >= 0.6 is 0 Å². The van der Waals surface area contributed by atoms with Gasteiger partial charge in [0.25, 0.3) is 0 Å². The summed E-state index contributed by atoms with van der Waals surface area (Å²) in [6.45, 7) is 5.20. The summed E-state index contributed by atoms with van der Waals surface area (Å²) < 4.78 is 5.37. The van der Waals surface area contributed by atoms with Gasteiger partial charge in [-0.05, 0) is 23.5 Å². The number of carboxylic acid groups (broad SMARTS) is 1. The second-order valence-corrected chi connectivity index (χ2v) is 5.78. The van der Waals surface area contributed by atoms with Gasteiger partial charge in [0.1, 0.15) is 0 Å². The van der Waals surface area contributed by atoms with Crippen LogP contribution in [0.5, 0.6) is 0 Å². The van der Waals surface area contributed by atoms with Crippen molar-refractivity contribution < 1.29 is 14.6 Å². The molecule has 0 aromatic heterocycles. The summed E-state index contributed by atoms with van der Waals surface area (Å²) in [6, 6.07) is 7.69. The van der Waals surface area contributed by atoms with Crippen LogP contribution in [0, 0.1) is 5.92 Å². The van der Waals surface area contributed by atoms with Crippen molar-refractivity contribution in [1.82, 2.24) is 0 Å². The van der Waals surface area contributed by atoms with Gasteiger partial charge in [-0.25, -0.2) is 0 Å². The molecule has 0 spiro atoms. The number of hydrogen-bond acceptors (Lipinski definition) is 3. The lowest BCUT2D eigenvalue weighted by Gasteiger charge is -2.24. The number of nitrogens with two attached hydrogens (primary N) is 1. The maximum Gasteiger partial charge on any atom is 0.311 e. The van der Waals surface area contributed by atoms with E-state index in [9.17, 15) is 9.90 Å². The van der Waals surface area contributed by atoms with Crippen LogP contribution in [0.1, 0.15) is 43.7 Å². The Morgan fingerprint density at radius 3 is 2.55 bits per heavy atom. The summed E-state index contributed by atoms with van der Waals surface area (Å²) in [5.41, 5.74) is 7.75. The molecule has 3 atom stereocenters. The average molecular weight is 277 g/mol. The van der Waals surface area contributed by atoms with Gasteiger partial charge in [0.05, 0.1) is 18.1 Å². The fourth-order valence-electron chi connectivity index (χ4n) is 2.78. The number of carbonyl (C=O) groups is 1. The quantitative estimate of drug-likeness (QED) is 0.867. The molecule has 1 aromatic carbocycles. The molecule has 110 valence electrons. The predicted octanol–water partition coefficient (Wildman–Crippen LogP) is 2.48. The zero-order valence-electron chi connectivity index (χ0n) is 12.1. The Hall–Kier alpha value is -1.39. The molecule has 1 aliphatic rings. The Bertz CT molecular complexity index is 463. The highest BCUT2D eigenvalue weighted by Crippen LogP contribution is 2.31. The Morgan fingerprint density at radius 1 is 1.45 bits per heavy atom. The van der Waals surface area contributed by atoms with E-state index in [2.05, 4.69) is 0 Å². The number of carboxylic acids is 1. The van der Waals surface area contributed by atoms with Crippen LogP contribution in [0.15, 0.2) is 24.3 Å². The minimum Gasteiger partial charge on any atom is -0.481 e. The lowest BCUT2D eigenvalue weighted by atomic mass is 9.83. The van der Waals surface area contributed by atoms with Crippen LogP contribution in [-0.2, 0) is 15.1 Å². The molecule has 1 aromatic rings. The number of aliphatic carboxylic acids is 1. The van der Waals surface area contributed by atoms with Gasteiger partial charge in [0.2, 0.25) is 0 Å². The van der Waals surface area contributed by atoms with E-state index in [0.29, 0.717) is 13.2 Å². The zero-order chi connectivity index (χ0) is 14.8. The van der Waals surface area contributed by atoms with Gasteiger partial charge in [0, 0.05) is 6.61 Å². The average Bonchev–Trinajstić information content (AvgIpc) is 2.87. The summed E-state index contributed by atoms with van der Waals surface area (Å²) in [7, 11) is 0. The van der Waals surface area contributed by atoms with Gasteiger partial charge in [-0.15, -0.1) is 0 Å². The topological polar surface area (TPSA) is 72.5 Å². The fraction of sp³-hybridized carbons (Fsp3) is 0.562. The molecule has 1 heterocycles. The third kappa shape index (κ3) is 2.86. The summed E-state index contributed by atoms with van der Waals surface area (Å²) in [5.74, 6) is -1.11. The first-order chi connectivity index (χ1) is 9.48. The van der Waals surface area contributed by atoms with Gasteiger partial charge in [0.15, 0.2) is 0 Å². The lowest BCUT2D eigenvalue weighted by Crippen LogP contribution is -2.37. The molecule has 1 fully saturated rings. The van der Waals surface area contributed by atoms with Crippen molar-refractivity contribution in [2.75, 3.05) is 13.2 Å². The van der Waals surface area contributed by atoms with E-state index >= 15 is 0 Å². The van der Waals surface area contributed by atoms with Gasteiger partial charge in [-0.2, -0.15) is 0 Å². The summed E-state index contributed by atoms with van der Waals surface area (Å²) in [4.78, 5) is 11.5. The van der Waals surface area contributed by atoms with Gasteiger partial charge in [-0.3, -0.25) is 4.79 Å². The van der Waals surface area contributed by atoms with Crippen molar-refractivity contribution in [2.24, 2.45) is 11.7 Å². The first-order valence-corrected chi connectivity index (χ1v) is 7.18. The largest absolute Gasteiger partial charge is 0.481 e. The molecule has 4 heteroatoms. The third-order valence-electron chi connectivity index (χ3n) is 4.38. The molecular weight excluding hydrogens is 254 g/mol. The molecule has 3 N–H and O–H groups in total. The van der Waals surface area contributed by atoms with E-state index in [-0.39, 0.29) is 5.92 Å². The smallest absolute Gasteiger partial charge is 0.311 e. The van der Waals surface area contributed by atoms with Crippen LogP contribution in [0.25, 0.3) is 0 Å². The first kappa shape index (κ1) is 15.0. The predicted molar refractivity (Wildman–Crippen MR) is 77.6 cm³/mol. The number of rotatable bonds is 5. The number of ether oxygens (including phenoxy) is 1. The lowest BCUT2D eigenvalue weighted by molar-refractivity contribution is -0.140. The standard InChI is InChI=1S/C16H23NO3/c1-3-11(2)14(15(18)19)12-4-6-13(7-5-12)16(17)8-9-20-10-16/h4-7,11,14H,3,8-10,17H2,1-2H3,(H,18,19). The summed E-state index contributed by atoms with van der Waals surface area (Å²) in [5, 5.41) is 9.42. The monoisotopic (exact) mass is 277 g/mol. The highest BCUT2D eigenvalue weighted by Gasteiger charge is 2.33. The SMILES string of the molecule is CCC(C)C(C(=O)O)c1ccc(C2(N)CCOC2)cc1. The Labute approximate surface area is 119 Å². The molecule has 0 saturated carbocycles. The molecule has 4 nitrogen and oxygen atoms in total. The number of benzene rings is 1. The molecule has 0 radical (unpaired) electrons. The Morgan fingerprint density at radius 2 is 2.10 bits per heavy atom. The highest BCUT2D eigenvalue weighted by atomic mass is 16.5. The Balaban J connectivity index is 2.24. The van der Waals surface area contributed by atoms with Crippen molar-refractivity contribution in [3.05, 3.63) is 35.4 Å². The summed E-state index contributed by atoms with van der Waals surface area (Å²) in [6.07, 6.45) is 1.65. The molecule has 0 bridgehead atoms. The van der Waals surface area contributed by atoms with E-state index in [1.807, 2.05) is 38.1 Å². The van der Waals surface area contributed by atoms with Crippen LogP contribution in [0.2, 0.25) is 0 Å². The van der Waals surface area contributed by atoms with Gasteiger partial charge < -0.3 is 15.6 Å². The normalized spacial score (nSPS) is 25.4. The molecule has 3 unspecified atom stereocenters. The maximum atomic E-state index is 11.5. The van der Waals surface area contributed by atoms with Crippen LogP contribution in [0.4, 0.5) is 0 Å². The molecular formula is C16H23NO3. The van der Waals surface area contributed by atoms with E-state index in [1.165, 1.54) is 0 Å². The van der Waals surface area contributed by atoms with E-state index in [0.717, 1.165) is 24.0 Å². The molecule has 2 rings (SSSR count). The van der Waals surface area contributed by atoms with E-state index in [4.69, 9.17) is 10.5 Å². The van der Waals surface area contributed by atoms with Crippen LogP contribution in [0.3, 0.4) is 0 Å². The highest BCUT2D eigenvalue weighted by molar-refractivity contribution is 5.76. The molecule has 1 aliphatic heterocycles. The minimum atomic E-state index is -0.765. The maximum absolute atomic E-state index is 11.5. The molecule has 0 amide bonds. The van der Waals surface area contributed by atoms with Crippen molar-refractivity contribution in [3.63, 3.8) is 0 Å². The van der Waals surface area contributed by atoms with Crippen molar-refractivity contribution >= 4 is 5.97 Å². The zero-order valence-corrected chi connectivity index (χ0v) is 12.1. The van der Waals surface area contributed by atoms with Crippen LogP contribution in [-0.4, -0.2) is 24.3 Å². The van der Waals surface area contributed by atoms with Crippen LogP contribution < -0.4 is 5.73 Å². The molecule has 0 aliphatic carbocycles. The second-order valence-electron chi connectivity index (χ2n) is 5.78. The van der Waals surface area contributed by atoms with Gasteiger partial charge >= 0.3 is 5.97 Å². The van der Waals surface area contributed by atoms with Crippen molar-refractivity contribution in [3.8, 4) is 0 Å². The second kappa shape index (κ2) is 5.94. The molecule has 20 heavy (non-hydrogen) atoms. The van der Waals surface area contributed by atoms with Gasteiger partial charge in [-0.1, -0.05) is 44.5 Å².